The number of fused-ring (bicyclic) bond motifs is 2. The normalized spacial score (nSPS) is 17.1. The summed E-state index contributed by atoms with van der Waals surface area (Å²) in [6.45, 7) is 6.62. The number of aryl methyl sites for hydroxylation is 3. The molecule has 2 aromatic rings. The van der Waals surface area contributed by atoms with Crippen LogP contribution in [0.25, 0.3) is 0 Å². The van der Waals surface area contributed by atoms with Gasteiger partial charge in [-0.15, -0.1) is 0 Å². The summed E-state index contributed by atoms with van der Waals surface area (Å²) in [6, 6.07) is 11.4. The quantitative estimate of drug-likeness (QED) is 0.504. The zero-order chi connectivity index (χ0) is 25.9. The zero-order valence-corrected chi connectivity index (χ0v) is 23.3. The fourth-order valence-corrected chi connectivity index (χ4v) is 6.82. The van der Waals surface area contributed by atoms with Gasteiger partial charge >= 0.3 is 0 Å². The molecule has 0 fully saturated rings. The predicted molar refractivity (Wildman–Crippen MR) is 145 cm³/mol. The van der Waals surface area contributed by atoms with Crippen molar-refractivity contribution in [1.29, 1.82) is 0 Å². The molecular formula is C27H39N3O4S2. The lowest BCUT2D eigenvalue weighted by molar-refractivity contribution is 0.258. The molecule has 1 N–H and O–H groups in total. The Balaban J connectivity index is 1.44. The molecule has 4 rings (SSSR count). The highest BCUT2D eigenvalue weighted by Crippen LogP contribution is 2.27. The summed E-state index contributed by atoms with van der Waals surface area (Å²) in [5.74, 6) is 0.119. The maximum atomic E-state index is 11.7. The summed E-state index contributed by atoms with van der Waals surface area (Å²) in [6.07, 6.45) is 7.32. The highest BCUT2D eigenvalue weighted by molar-refractivity contribution is 7.90. The number of hydrogen-bond donors (Lipinski definition) is 1. The molecule has 36 heavy (non-hydrogen) atoms. The lowest BCUT2D eigenvalue weighted by Crippen LogP contribution is -2.37. The van der Waals surface area contributed by atoms with Crippen LogP contribution in [0.2, 0.25) is 0 Å². The van der Waals surface area contributed by atoms with Gasteiger partial charge in [-0.1, -0.05) is 37.3 Å². The monoisotopic (exact) mass is 533 g/mol. The van der Waals surface area contributed by atoms with Gasteiger partial charge in [0.05, 0.1) is 6.26 Å². The van der Waals surface area contributed by atoms with Gasteiger partial charge in [-0.05, 0) is 71.0 Å². The number of sulfone groups is 1. The van der Waals surface area contributed by atoms with Crippen molar-refractivity contribution < 1.29 is 16.8 Å². The van der Waals surface area contributed by atoms with E-state index in [9.17, 15) is 16.8 Å². The molecule has 0 amide bonds. The van der Waals surface area contributed by atoms with Crippen LogP contribution in [-0.4, -0.2) is 71.2 Å². The molecular weight excluding hydrogens is 494 g/mol. The molecule has 2 aliphatic rings. The average molecular weight is 534 g/mol. The lowest BCUT2D eigenvalue weighted by atomic mass is 9.88. The fourth-order valence-electron chi connectivity index (χ4n) is 5.47. The maximum absolute atomic E-state index is 11.7. The summed E-state index contributed by atoms with van der Waals surface area (Å²) in [4.78, 5) is 4.36. The Morgan fingerprint density at radius 1 is 0.833 bits per heavy atom. The van der Waals surface area contributed by atoms with Crippen LogP contribution in [-0.2, 0) is 65.1 Å². The summed E-state index contributed by atoms with van der Waals surface area (Å²) >= 11 is 0. The number of hydrogen-bond acceptors (Lipinski definition) is 6. The highest BCUT2D eigenvalue weighted by Gasteiger charge is 2.21. The van der Waals surface area contributed by atoms with E-state index < -0.39 is 19.9 Å². The predicted octanol–water partition coefficient (Wildman–Crippen LogP) is 2.30. The van der Waals surface area contributed by atoms with Crippen molar-refractivity contribution in [2.24, 2.45) is 0 Å². The second-order valence-electron chi connectivity index (χ2n) is 10.4. The van der Waals surface area contributed by atoms with E-state index in [2.05, 4.69) is 46.9 Å². The number of nitrogens with zero attached hydrogens (tertiary/aromatic N) is 2. The van der Waals surface area contributed by atoms with E-state index in [-0.39, 0.29) is 5.88 Å². The van der Waals surface area contributed by atoms with Crippen molar-refractivity contribution in [2.45, 2.75) is 52.1 Å². The fraction of sp³-hybridized carbons (Fsp3) is 0.556. The molecule has 198 valence electrons. The van der Waals surface area contributed by atoms with Gasteiger partial charge in [0, 0.05) is 45.5 Å². The van der Waals surface area contributed by atoms with Crippen LogP contribution in [0.1, 0.15) is 45.9 Å². The van der Waals surface area contributed by atoms with Gasteiger partial charge < -0.3 is 0 Å². The van der Waals surface area contributed by atoms with Gasteiger partial charge in [0.1, 0.15) is 5.88 Å². The summed E-state index contributed by atoms with van der Waals surface area (Å²) in [7, 11) is -6.18. The molecule has 0 saturated heterocycles. The van der Waals surface area contributed by atoms with Gasteiger partial charge in [-0.3, -0.25) is 9.80 Å². The van der Waals surface area contributed by atoms with Gasteiger partial charge in [-0.2, -0.15) is 0 Å². The van der Waals surface area contributed by atoms with Crippen molar-refractivity contribution >= 4 is 19.9 Å². The zero-order valence-electron chi connectivity index (χ0n) is 21.7. The van der Waals surface area contributed by atoms with Crippen molar-refractivity contribution in [1.82, 2.24) is 14.5 Å². The van der Waals surface area contributed by atoms with Crippen molar-refractivity contribution in [3.05, 3.63) is 69.3 Å². The molecule has 0 unspecified atom stereocenters. The van der Waals surface area contributed by atoms with Crippen molar-refractivity contribution in [3.8, 4) is 0 Å². The van der Waals surface area contributed by atoms with Crippen LogP contribution in [0.5, 0.6) is 0 Å². The van der Waals surface area contributed by atoms with Crippen LogP contribution in [0.15, 0.2) is 30.3 Å². The first-order valence-electron chi connectivity index (χ1n) is 12.8. The second-order valence-corrected chi connectivity index (χ2v) is 14.3. The van der Waals surface area contributed by atoms with Crippen molar-refractivity contribution in [2.75, 3.05) is 44.6 Å². The Bertz CT molecular complexity index is 1310. The Morgan fingerprint density at radius 3 is 2.28 bits per heavy atom. The SMILES string of the molecule is CCc1cc(CCc2ccc3c(c2)CN(CS(C)(=O)=O)CC3)c2c(c1)CN(CCNS(C)(=O)=O)CC2. The number of nitrogens with one attached hydrogen (secondary N) is 1. The largest absolute Gasteiger partial charge is 0.297 e. The Kier molecular flexibility index (Phi) is 8.56. The van der Waals surface area contributed by atoms with E-state index in [1.54, 1.807) is 0 Å². The molecule has 9 heteroatoms. The van der Waals surface area contributed by atoms with Gasteiger partial charge in [0.2, 0.25) is 10.0 Å². The third kappa shape index (κ3) is 7.61. The molecule has 2 heterocycles. The smallest absolute Gasteiger partial charge is 0.208 e. The van der Waals surface area contributed by atoms with Crippen LogP contribution >= 0.6 is 0 Å². The molecule has 2 aromatic carbocycles. The van der Waals surface area contributed by atoms with E-state index in [4.69, 9.17) is 0 Å². The van der Waals surface area contributed by atoms with Crippen LogP contribution in [0.4, 0.5) is 0 Å². The Labute approximate surface area is 216 Å². The maximum Gasteiger partial charge on any atom is 0.208 e. The molecule has 7 nitrogen and oxygen atoms in total. The van der Waals surface area contributed by atoms with E-state index in [1.807, 2.05) is 4.90 Å². The second kappa shape index (κ2) is 11.3. The molecule has 0 atom stereocenters. The summed E-state index contributed by atoms with van der Waals surface area (Å²) in [5.41, 5.74) is 9.49. The number of benzene rings is 2. The standard InChI is InChI=1S/C27H39N3O4S2/c1-4-21-15-24(27-10-13-29(19-26(27)16-21)14-11-28-36(3,33)34)8-6-22-5-7-23-9-12-30(18-25(23)17-22)20-35(2,31)32/h5,7,15-17,28H,4,6,8-14,18-20H2,1-3H3. The van der Waals surface area contributed by atoms with E-state index in [0.29, 0.717) is 19.6 Å². The minimum Gasteiger partial charge on any atom is -0.297 e. The number of sulfonamides is 1. The molecule has 0 aromatic heterocycles. The van der Waals surface area contributed by atoms with Gasteiger partial charge in [0.25, 0.3) is 0 Å². The van der Waals surface area contributed by atoms with Crippen LogP contribution in [0, 0.1) is 0 Å². The molecule has 0 aliphatic carbocycles. The topological polar surface area (TPSA) is 86.8 Å². The first kappa shape index (κ1) is 27.3. The Morgan fingerprint density at radius 2 is 1.56 bits per heavy atom. The van der Waals surface area contributed by atoms with Crippen LogP contribution in [0.3, 0.4) is 0 Å². The highest BCUT2D eigenvalue weighted by atomic mass is 32.2. The van der Waals surface area contributed by atoms with E-state index in [1.165, 1.54) is 51.5 Å². The average Bonchev–Trinajstić information content (AvgIpc) is 2.80. The summed E-state index contributed by atoms with van der Waals surface area (Å²) < 4.78 is 48.9. The lowest BCUT2D eigenvalue weighted by Gasteiger charge is -2.31. The van der Waals surface area contributed by atoms with Crippen molar-refractivity contribution in [3.63, 3.8) is 0 Å². The Hall–Kier alpha value is -1.78. The third-order valence-corrected chi connectivity index (χ3v) is 8.79. The molecule has 0 spiro atoms. The first-order valence-corrected chi connectivity index (χ1v) is 16.8. The molecule has 0 bridgehead atoms. The van der Waals surface area contributed by atoms with Gasteiger partial charge in [0.15, 0.2) is 9.84 Å². The minimum atomic E-state index is -3.16. The van der Waals surface area contributed by atoms with E-state index in [0.717, 1.165) is 51.7 Å². The molecule has 0 saturated carbocycles. The molecule has 0 radical (unpaired) electrons. The van der Waals surface area contributed by atoms with E-state index >= 15 is 0 Å². The third-order valence-electron chi connectivity index (χ3n) is 7.23. The summed E-state index contributed by atoms with van der Waals surface area (Å²) in [5, 5.41) is 0. The van der Waals surface area contributed by atoms with Gasteiger partial charge in [-0.25, -0.2) is 21.6 Å². The molecule has 2 aliphatic heterocycles. The number of rotatable bonds is 10. The first-order chi connectivity index (χ1) is 17.0. The minimum absolute atomic E-state index is 0.119. The van der Waals surface area contributed by atoms with Crippen LogP contribution < -0.4 is 4.72 Å².